The number of hydrogen-bond donors (Lipinski definition) is 2. The quantitative estimate of drug-likeness (QED) is 0.302. The number of nitrogens with one attached hydrogen (secondary N) is 2. The second kappa shape index (κ2) is 13.0. The largest absolute Gasteiger partial charge is 0.381 e. The van der Waals surface area contributed by atoms with E-state index in [2.05, 4.69) is 59.0 Å². The van der Waals surface area contributed by atoms with Crippen LogP contribution < -0.4 is 10.6 Å². The van der Waals surface area contributed by atoms with Crippen molar-refractivity contribution in [3.8, 4) is 0 Å². The first-order valence-electron chi connectivity index (χ1n) is 10.7. The Morgan fingerprint density at radius 1 is 1.17 bits per heavy atom. The van der Waals surface area contributed by atoms with Gasteiger partial charge in [0, 0.05) is 31.1 Å². The summed E-state index contributed by atoms with van der Waals surface area (Å²) in [7, 11) is 0. The molecule has 2 fully saturated rings. The van der Waals surface area contributed by atoms with Gasteiger partial charge in [-0.15, -0.1) is 24.0 Å². The van der Waals surface area contributed by atoms with E-state index in [1.54, 1.807) is 0 Å². The van der Waals surface area contributed by atoms with Crippen molar-refractivity contribution in [1.29, 1.82) is 0 Å². The third-order valence-corrected chi connectivity index (χ3v) is 7.34. The summed E-state index contributed by atoms with van der Waals surface area (Å²) in [6, 6.07) is 11.3. The molecule has 164 valence electrons. The summed E-state index contributed by atoms with van der Waals surface area (Å²) < 4.78 is 5.78. The highest BCUT2D eigenvalue weighted by atomic mass is 127. The van der Waals surface area contributed by atoms with Gasteiger partial charge in [-0.05, 0) is 57.5 Å². The van der Waals surface area contributed by atoms with Gasteiger partial charge in [-0.3, -0.25) is 9.89 Å². The molecule has 7 heteroatoms. The maximum absolute atomic E-state index is 5.57. The topological polar surface area (TPSA) is 48.9 Å². The lowest BCUT2D eigenvalue weighted by Gasteiger charge is -2.34. The zero-order valence-corrected chi connectivity index (χ0v) is 21.0. The second-order valence-electron chi connectivity index (χ2n) is 7.75. The van der Waals surface area contributed by atoms with Gasteiger partial charge in [0.15, 0.2) is 5.96 Å². The normalized spacial score (nSPS) is 20.7. The fraction of sp³-hybridized carbons (Fsp3) is 0.682. The van der Waals surface area contributed by atoms with Crippen LogP contribution >= 0.6 is 35.7 Å². The number of benzene rings is 1. The molecule has 2 heterocycles. The highest BCUT2D eigenvalue weighted by Crippen LogP contribution is 2.34. The number of rotatable bonds is 8. The summed E-state index contributed by atoms with van der Waals surface area (Å²) in [5, 5.41) is 7.07. The summed E-state index contributed by atoms with van der Waals surface area (Å²) >= 11 is 1.94. The number of hydrogen-bond acceptors (Lipinski definition) is 4. The molecule has 29 heavy (non-hydrogen) atoms. The lowest BCUT2D eigenvalue weighted by molar-refractivity contribution is 0.0794. The van der Waals surface area contributed by atoms with Gasteiger partial charge >= 0.3 is 0 Å². The van der Waals surface area contributed by atoms with E-state index in [9.17, 15) is 0 Å². The zero-order chi connectivity index (χ0) is 19.7. The maximum Gasteiger partial charge on any atom is 0.191 e. The van der Waals surface area contributed by atoms with Crippen LogP contribution in [0.2, 0.25) is 0 Å². The Hall–Kier alpha value is -0.510. The van der Waals surface area contributed by atoms with Crippen LogP contribution in [0.4, 0.5) is 0 Å². The lowest BCUT2D eigenvalue weighted by Crippen LogP contribution is -2.44. The maximum atomic E-state index is 5.57. The summed E-state index contributed by atoms with van der Waals surface area (Å²) in [5.74, 6) is 0.933. The van der Waals surface area contributed by atoms with Crippen molar-refractivity contribution < 1.29 is 4.74 Å². The third kappa shape index (κ3) is 7.29. The third-order valence-electron chi connectivity index (χ3n) is 5.94. The molecule has 5 nitrogen and oxygen atoms in total. The summed E-state index contributed by atoms with van der Waals surface area (Å²) in [5.41, 5.74) is 1.39. The fourth-order valence-corrected chi connectivity index (χ4v) is 4.88. The van der Waals surface area contributed by atoms with Crippen LogP contribution in [0.3, 0.4) is 0 Å². The minimum absolute atomic E-state index is 0. The number of likely N-dealkylation sites (tertiary alicyclic amines) is 1. The van der Waals surface area contributed by atoms with Crippen molar-refractivity contribution in [1.82, 2.24) is 15.5 Å². The van der Waals surface area contributed by atoms with Crippen LogP contribution in [-0.2, 0) is 4.74 Å². The van der Waals surface area contributed by atoms with Gasteiger partial charge in [0.2, 0.25) is 0 Å². The molecule has 2 saturated heterocycles. The molecule has 0 bridgehead atoms. The molecule has 2 aliphatic rings. The first-order chi connectivity index (χ1) is 13.8. The van der Waals surface area contributed by atoms with Gasteiger partial charge in [-0.1, -0.05) is 30.3 Å². The van der Waals surface area contributed by atoms with Crippen molar-refractivity contribution in [3.05, 3.63) is 35.9 Å². The number of ether oxygens (including phenoxy) is 1. The predicted molar refractivity (Wildman–Crippen MR) is 136 cm³/mol. The first kappa shape index (κ1) is 24.8. The predicted octanol–water partition coefficient (Wildman–Crippen LogP) is 3.91. The minimum Gasteiger partial charge on any atom is -0.381 e. The van der Waals surface area contributed by atoms with Crippen molar-refractivity contribution >= 4 is 41.7 Å². The van der Waals surface area contributed by atoms with E-state index >= 15 is 0 Å². The Labute approximate surface area is 197 Å². The molecular weight excluding hydrogens is 495 g/mol. The molecule has 0 aromatic heterocycles. The van der Waals surface area contributed by atoms with Gasteiger partial charge in [-0.25, -0.2) is 0 Å². The van der Waals surface area contributed by atoms with Crippen molar-refractivity contribution in [2.24, 2.45) is 4.99 Å². The van der Waals surface area contributed by atoms with E-state index in [1.807, 2.05) is 11.8 Å². The van der Waals surface area contributed by atoms with Crippen molar-refractivity contribution in [3.63, 3.8) is 0 Å². The van der Waals surface area contributed by atoms with Crippen LogP contribution in [0.1, 0.15) is 44.2 Å². The molecule has 2 aliphatic heterocycles. The number of guanidine groups is 1. The van der Waals surface area contributed by atoms with Gasteiger partial charge in [0.25, 0.3) is 0 Å². The number of nitrogens with zero attached hydrogens (tertiary/aromatic N) is 2. The van der Waals surface area contributed by atoms with Crippen LogP contribution in [0, 0.1) is 0 Å². The minimum atomic E-state index is 0. The van der Waals surface area contributed by atoms with Gasteiger partial charge in [0.1, 0.15) is 0 Å². The molecule has 0 spiro atoms. The van der Waals surface area contributed by atoms with Crippen LogP contribution in [-0.4, -0.2) is 67.8 Å². The van der Waals surface area contributed by atoms with E-state index in [0.717, 1.165) is 51.6 Å². The Kier molecular flexibility index (Phi) is 11.1. The molecule has 0 aliphatic carbocycles. The molecule has 0 amide bonds. The molecule has 1 unspecified atom stereocenters. The second-order valence-corrected chi connectivity index (χ2v) is 9.02. The average Bonchev–Trinajstić information content (AvgIpc) is 3.28. The molecule has 0 saturated carbocycles. The van der Waals surface area contributed by atoms with Crippen LogP contribution in [0.25, 0.3) is 0 Å². The SMILES string of the molecule is CCNC(=NCC1(SC)CCOCC1)NCC(c1ccccc1)N1CCCC1.I. The Morgan fingerprint density at radius 3 is 2.48 bits per heavy atom. The van der Waals surface area contributed by atoms with E-state index < -0.39 is 0 Å². The average molecular weight is 533 g/mol. The van der Waals surface area contributed by atoms with Gasteiger partial charge < -0.3 is 15.4 Å². The smallest absolute Gasteiger partial charge is 0.191 e. The summed E-state index contributed by atoms with van der Waals surface area (Å²) in [6.45, 7) is 8.80. The lowest BCUT2D eigenvalue weighted by atomic mass is 9.99. The standard InChI is InChI=1S/C22H36N4OS.HI/c1-3-23-21(25-18-22(28-2)11-15-27-16-12-22)24-17-20(26-13-7-8-14-26)19-9-5-4-6-10-19;/h4-6,9-10,20H,3,7-8,11-18H2,1-2H3,(H2,23,24,25);1H. The highest BCUT2D eigenvalue weighted by Gasteiger charge is 2.31. The van der Waals surface area contributed by atoms with E-state index in [0.29, 0.717) is 6.04 Å². The Balaban J connectivity index is 0.00000300. The molecular formula is C22H37IN4OS. The first-order valence-corrected chi connectivity index (χ1v) is 11.9. The fourth-order valence-electron chi connectivity index (χ4n) is 4.11. The molecule has 1 atom stereocenters. The number of thioether (sulfide) groups is 1. The van der Waals surface area contributed by atoms with Gasteiger partial charge in [0.05, 0.1) is 12.6 Å². The molecule has 1 aromatic carbocycles. The molecule has 2 N–H and O–H groups in total. The molecule has 0 radical (unpaired) electrons. The van der Waals surface area contributed by atoms with E-state index in [4.69, 9.17) is 9.73 Å². The zero-order valence-electron chi connectivity index (χ0n) is 17.9. The van der Waals surface area contributed by atoms with Gasteiger partial charge in [-0.2, -0.15) is 11.8 Å². The molecule has 3 rings (SSSR count). The van der Waals surface area contributed by atoms with E-state index in [-0.39, 0.29) is 28.7 Å². The number of aliphatic imine (C=N–C) groups is 1. The van der Waals surface area contributed by atoms with Crippen molar-refractivity contribution in [2.45, 2.75) is 43.4 Å². The monoisotopic (exact) mass is 532 g/mol. The van der Waals surface area contributed by atoms with Crippen LogP contribution in [0.5, 0.6) is 0 Å². The molecule has 1 aromatic rings. The highest BCUT2D eigenvalue weighted by molar-refractivity contribution is 14.0. The Morgan fingerprint density at radius 2 is 1.86 bits per heavy atom. The Bertz CT molecular complexity index is 604. The summed E-state index contributed by atoms with van der Waals surface area (Å²) in [6.07, 6.45) is 6.97. The van der Waals surface area contributed by atoms with E-state index in [1.165, 1.54) is 31.5 Å². The van der Waals surface area contributed by atoms with Crippen LogP contribution in [0.15, 0.2) is 35.3 Å². The number of halogens is 1. The summed E-state index contributed by atoms with van der Waals surface area (Å²) in [4.78, 5) is 7.58. The van der Waals surface area contributed by atoms with Crippen molar-refractivity contribution in [2.75, 3.05) is 52.2 Å².